The Labute approximate surface area is 127 Å². The number of hydrogen-bond acceptors (Lipinski definition) is 3. The van der Waals surface area contributed by atoms with Crippen LogP contribution in [0.15, 0.2) is 18.2 Å². The van der Waals surface area contributed by atoms with Crippen molar-refractivity contribution >= 4 is 27.4 Å². The van der Waals surface area contributed by atoms with Gasteiger partial charge in [-0.1, -0.05) is 32.3 Å². The standard InChI is InChI=1S/C16H20FNO2S/c1-2-3-4-5-9-18-10-11-14-12(17)7-6-8-13(14)21-15(11)16(19)20/h6-8,18H,2-5,9-10H2,1H3,(H,19,20). The van der Waals surface area contributed by atoms with Crippen molar-refractivity contribution in [3.8, 4) is 0 Å². The smallest absolute Gasteiger partial charge is 0.346 e. The van der Waals surface area contributed by atoms with Crippen LogP contribution in [0, 0.1) is 5.82 Å². The van der Waals surface area contributed by atoms with Gasteiger partial charge in [-0.15, -0.1) is 11.3 Å². The number of thiophene rings is 1. The Morgan fingerprint density at radius 1 is 1.33 bits per heavy atom. The van der Waals surface area contributed by atoms with Gasteiger partial charge in [0.15, 0.2) is 0 Å². The van der Waals surface area contributed by atoms with E-state index in [9.17, 15) is 14.3 Å². The molecule has 1 aromatic carbocycles. The van der Waals surface area contributed by atoms with Crippen molar-refractivity contribution in [3.05, 3.63) is 34.5 Å². The van der Waals surface area contributed by atoms with Crippen molar-refractivity contribution in [2.24, 2.45) is 0 Å². The van der Waals surface area contributed by atoms with Crippen LogP contribution in [0.4, 0.5) is 4.39 Å². The molecule has 21 heavy (non-hydrogen) atoms. The van der Waals surface area contributed by atoms with Crippen LogP contribution >= 0.6 is 11.3 Å². The molecule has 5 heteroatoms. The van der Waals surface area contributed by atoms with Crippen LogP contribution in [-0.2, 0) is 6.54 Å². The van der Waals surface area contributed by atoms with Crippen LogP contribution in [0.2, 0.25) is 0 Å². The first-order valence-electron chi connectivity index (χ1n) is 7.29. The second-order valence-electron chi connectivity index (χ2n) is 5.07. The highest BCUT2D eigenvalue weighted by Gasteiger charge is 2.19. The summed E-state index contributed by atoms with van der Waals surface area (Å²) in [7, 11) is 0. The maximum absolute atomic E-state index is 14.0. The summed E-state index contributed by atoms with van der Waals surface area (Å²) in [5.41, 5.74) is 0.566. The van der Waals surface area contributed by atoms with Crippen LogP contribution in [0.25, 0.3) is 10.1 Å². The lowest BCUT2D eigenvalue weighted by atomic mass is 10.1. The Kier molecular flexibility index (Phi) is 5.70. The molecule has 114 valence electrons. The number of carbonyl (C=O) groups is 1. The third kappa shape index (κ3) is 3.80. The van der Waals surface area contributed by atoms with Crippen molar-refractivity contribution in [1.82, 2.24) is 5.32 Å². The Bertz CT molecular complexity index is 624. The van der Waals surface area contributed by atoms with Gasteiger partial charge in [0.05, 0.1) is 0 Å². The highest BCUT2D eigenvalue weighted by Crippen LogP contribution is 2.33. The molecular weight excluding hydrogens is 289 g/mol. The summed E-state index contributed by atoms with van der Waals surface area (Å²) >= 11 is 1.14. The number of halogens is 1. The minimum absolute atomic E-state index is 0.233. The van der Waals surface area contributed by atoms with E-state index in [4.69, 9.17) is 0 Å². The fourth-order valence-electron chi connectivity index (χ4n) is 2.40. The molecule has 0 aliphatic heterocycles. The largest absolute Gasteiger partial charge is 0.477 e. The molecule has 2 aromatic rings. The molecule has 0 aliphatic rings. The van der Waals surface area contributed by atoms with E-state index in [1.54, 1.807) is 12.1 Å². The van der Waals surface area contributed by atoms with Crippen molar-refractivity contribution in [1.29, 1.82) is 0 Å². The van der Waals surface area contributed by atoms with Crippen molar-refractivity contribution in [2.45, 2.75) is 39.2 Å². The average Bonchev–Trinajstić information content (AvgIpc) is 2.83. The summed E-state index contributed by atoms with van der Waals surface area (Å²) in [4.78, 5) is 11.6. The Balaban J connectivity index is 2.13. The maximum atomic E-state index is 14.0. The zero-order valence-corrected chi connectivity index (χ0v) is 12.9. The van der Waals surface area contributed by atoms with Gasteiger partial charge in [0.25, 0.3) is 0 Å². The topological polar surface area (TPSA) is 49.3 Å². The Hall–Kier alpha value is -1.46. The van der Waals surface area contributed by atoms with E-state index in [1.165, 1.54) is 18.9 Å². The molecule has 0 saturated carbocycles. The number of carboxylic acid groups (broad SMARTS) is 1. The SMILES string of the molecule is CCCCCCNCc1c(C(=O)O)sc2cccc(F)c12. The predicted molar refractivity (Wildman–Crippen MR) is 84.6 cm³/mol. The van der Waals surface area contributed by atoms with E-state index in [1.807, 2.05) is 0 Å². The molecule has 0 atom stereocenters. The normalized spacial score (nSPS) is 11.1. The molecule has 2 N–H and O–H groups in total. The number of fused-ring (bicyclic) bond motifs is 1. The van der Waals surface area contributed by atoms with Crippen LogP contribution in [-0.4, -0.2) is 17.6 Å². The monoisotopic (exact) mass is 309 g/mol. The van der Waals surface area contributed by atoms with Gasteiger partial charge in [0, 0.05) is 22.2 Å². The lowest BCUT2D eigenvalue weighted by molar-refractivity contribution is 0.0701. The quantitative estimate of drug-likeness (QED) is 0.710. The first-order chi connectivity index (χ1) is 10.1. The molecule has 0 amide bonds. The van der Waals surface area contributed by atoms with Gasteiger partial charge in [-0.3, -0.25) is 0 Å². The van der Waals surface area contributed by atoms with Crippen molar-refractivity contribution in [3.63, 3.8) is 0 Å². The second kappa shape index (κ2) is 7.52. The molecule has 0 aliphatic carbocycles. The van der Waals surface area contributed by atoms with Crippen LogP contribution in [0.3, 0.4) is 0 Å². The highest BCUT2D eigenvalue weighted by molar-refractivity contribution is 7.21. The molecule has 0 spiro atoms. The van der Waals surface area contributed by atoms with Crippen LogP contribution < -0.4 is 5.32 Å². The fraction of sp³-hybridized carbons (Fsp3) is 0.438. The van der Waals surface area contributed by atoms with Gasteiger partial charge >= 0.3 is 5.97 Å². The summed E-state index contributed by atoms with van der Waals surface area (Å²) in [6.07, 6.45) is 4.61. The predicted octanol–water partition coefficient (Wildman–Crippen LogP) is 4.41. The van der Waals surface area contributed by atoms with Crippen molar-refractivity contribution in [2.75, 3.05) is 6.54 Å². The minimum Gasteiger partial charge on any atom is -0.477 e. The summed E-state index contributed by atoms with van der Waals surface area (Å²) in [5.74, 6) is -1.34. The average molecular weight is 309 g/mol. The summed E-state index contributed by atoms with van der Waals surface area (Å²) in [5, 5.41) is 13.0. The lowest BCUT2D eigenvalue weighted by Crippen LogP contribution is -2.16. The number of hydrogen-bond donors (Lipinski definition) is 2. The molecule has 3 nitrogen and oxygen atoms in total. The summed E-state index contributed by atoms with van der Waals surface area (Å²) < 4.78 is 14.7. The molecular formula is C16H20FNO2S. The van der Waals surface area contributed by atoms with E-state index in [0.717, 1.165) is 30.7 Å². The molecule has 2 rings (SSSR count). The number of carboxylic acids is 1. The van der Waals surface area contributed by atoms with Crippen LogP contribution in [0.1, 0.15) is 47.8 Å². The van der Waals surface area contributed by atoms with Gasteiger partial charge < -0.3 is 10.4 Å². The Morgan fingerprint density at radius 3 is 2.86 bits per heavy atom. The first-order valence-corrected chi connectivity index (χ1v) is 8.10. The fourth-order valence-corrected chi connectivity index (χ4v) is 3.47. The van der Waals surface area contributed by atoms with Gasteiger partial charge in [-0.05, 0) is 25.1 Å². The second-order valence-corrected chi connectivity index (χ2v) is 6.12. The molecule has 0 saturated heterocycles. The van der Waals surface area contributed by atoms with E-state index >= 15 is 0 Å². The number of nitrogens with one attached hydrogen (secondary N) is 1. The van der Waals surface area contributed by atoms with E-state index < -0.39 is 5.97 Å². The van der Waals surface area contributed by atoms with Gasteiger partial charge in [-0.25, -0.2) is 9.18 Å². The third-order valence-corrected chi connectivity index (χ3v) is 4.65. The van der Waals surface area contributed by atoms with Gasteiger partial charge in [0.1, 0.15) is 10.7 Å². The van der Waals surface area contributed by atoms with E-state index in [-0.39, 0.29) is 10.7 Å². The molecule has 0 bridgehead atoms. The van der Waals surface area contributed by atoms with Crippen LogP contribution in [0.5, 0.6) is 0 Å². The molecule has 0 fully saturated rings. The number of unbranched alkanes of at least 4 members (excludes halogenated alkanes) is 3. The molecule has 1 heterocycles. The minimum atomic E-state index is -0.988. The van der Waals surface area contributed by atoms with Gasteiger partial charge in [0.2, 0.25) is 0 Å². The summed E-state index contributed by atoms with van der Waals surface area (Å²) in [6, 6.07) is 4.76. The van der Waals surface area contributed by atoms with Gasteiger partial charge in [-0.2, -0.15) is 0 Å². The third-order valence-electron chi connectivity index (χ3n) is 3.47. The Morgan fingerprint density at radius 2 is 2.14 bits per heavy atom. The van der Waals surface area contributed by atoms with Crippen molar-refractivity contribution < 1.29 is 14.3 Å². The maximum Gasteiger partial charge on any atom is 0.346 e. The van der Waals surface area contributed by atoms with E-state index in [0.29, 0.717) is 22.2 Å². The molecule has 0 radical (unpaired) electrons. The highest BCUT2D eigenvalue weighted by atomic mass is 32.1. The number of rotatable bonds is 8. The zero-order chi connectivity index (χ0) is 15.2. The summed E-state index contributed by atoms with van der Waals surface area (Å²) in [6.45, 7) is 3.38. The molecule has 1 aromatic heterocycles. The lowest BCUT2D eigenvalue weighted by Gasteiger charge is -2.06. The number of aromatic carboxylic acids is 1. The van der Waals surface area contributed by atoms with E-state index in [2.05, 4.69) is 12.2 Å². The number of benzene rings is 1. The zero-order valence-electron chi connectivity index (χ0n) is 12.1. The molecule has 0 unspecified atom stereocenters. The first kappa shape index (κ1) is 15.9.